The molecule has 124 valence electrons. The summed E-state index contributed by atoms with van der Waals surface area (Å²) in [6.45, 7) is 3.72. The van der Waals surface area contributed by atoms with E-state index in [-0.39, 0.29) is 11.9 Å². The number of nitrogens with zero attached hydrogens (tertiary/aromatic N) is 3. The number of carbonyl (C=O) groups is 1. The highest BCUT2D eigenvalue weighted by molar-refractivity contribution is 9.10. The summed E-state index contributed by atoms with van der Waals surface area (Å²) in [5.41, 5.74) is 2.06. The highest BCUT2D eigenvalue weighted by Crippen LogP contribution is 2.32. The Balaban J connectivity index is 1.48. The summed E-state index contributed by atoms with van der Waals surface area (Å²) in [6.07, 6.45) is 2.45. The van der Waals surface area contributed by atoms with Gasteiger partial charge in [0.25, 0.3) is 0 Å². The van der Waals surface area contributed by atoms with Gasteiger partial charge < -0.3 is 9.47 Å². The van der Waals surface area contributed by atoms with E-state index in [1.54, 1.807) is 22.7 Å². The molecule has 0 saturated heterocycles. The van der Waals surface area contributed by atoms with Crippen LogP contribution in [0.1, 0.15) is 24.4 Å². The monoisotopic (exact) mass is 421 g/mol. The molecular weight excluding hydrogens is 406 g/mol. The molecule has 0 saturated carbocycles. The molecule has 3 aromatic heterocycles. The number of thiophene rings is 1. The van der Waals surface area contributed by atoms with Gasteiger partial charge in [-0.05, 0) is 41.1 Å². The minimum atomic E-state index is 0.118. The van der Waals surface area contributed by atoms with Crippen LogP contribution in [-0.4, -0.2) is 26.9 Å². The van der Waals surface area contributed by atoms with E-state index >= 15 is 0 Å². The second-order valence-electron chi connectivity index (χ2n) is 5.84. The fourth-order valence-electron chi connectivity index (χ4n) is 3.10. The van der Waals surface area contributed by atoms with Crippen molar-refractivity contribution < 1.29 is 4.79 Å². The Bertz CT molecular complexity index is 882. The predicted molar refractivity (Wildman–Crippen MR) is 101 cm³/mol. The molecule has 1 amide bonds. The highest BCUT2D eigenvalue weighted by atomic mass is 79.9. The molecule has 1 aliphatic rings. The van der Waals surface area contributed by atoms with Crippen molar-refractivity contribution in [1.82, 2.24) is 14.5 Å². The molecule has 0 bridgehead atoms. The predicted octanol–water partition coefficient (Wildman–Crippen LogP) is 4.58. The van der Waals surface area contributed by atoms with Gasteiger partial charge >= 0.3 is 0 Å². The molecule has 4 rings (SSSR count). The van der Waals surface area contributed by atoms with E-state index in [0.717, 1.165) is 33.1 Å². The van der Waals surface area contributed by atoms with Gasteiger partial charge in [0.1, 0.15) is 5.01 Å². The number of hydrogen-bond acceptors (Lipinski definition) is 4. The van der Waals surface area contributed by atoms with Crippen molar-refractivity contribution in [3.8, 4) is 9.88 Å². The van der Waals surface area contributed by atoms with Crippen molar-refractivity contribution in [2.45, 2.75) is 25.9 Å². The van der Waals surface area contributed by atoms with Crippen LogP contribution < -0.4 is 0 Å². The fourth-order valence-corrected chi connectivity index (χ4v) is 5.43. The Hall–Kier alpha value is -1.44. The largest absolute Gasteiger partial charge is 0.348 e. The average molecular weight is 422 g/mol. The van der Waals surface area contributed by atoms with Gasteiger partial charge in [0.05, 0.1) is 23.0 Å². The number of aromatic nitrogens is 2. The SMILES string of the molecule is CC1c2cccn2CCN1C(=O)Cc1csc(-c2cc(Br)cs2)n1. The maximum absolute atomic E-state index is 12.7. The van der Waals surface area contributed by atoms with Crippen molar-refractivity contribution in [1.29, 1.82) is 0 Å². The van der Waals surface area contributed by atoms with Crippen LogP contribution in [-0.2, 0) is 17.8 Å². The zero-order valence-corrected chi connectivity index (χ0v) is 16.3. The first kappa shape index (κ1) is 16.1. The molecular formula is C17H16BrN3OS2. The van der Waals surface area contributed by atoms with Crippen LogP contribution in [0.4, 0.5) is 0 Å². The van der Waals surface area contributed by atoms with Gasteiger partial charge in [-0.1, -0.05) is 0 Å². The normalized spacial score (nSPS) is 17.1. The lowest BCUT2D eigenvalue weighted by molar-refractivity contribution is -0.133. The van der Waals surface area contributed by atoms with E-state index in [1.807, 2.05) is 21.7 Å². The number of rotatable bonds is 3. The average Bonchev–Trinajstić information content (AvgIpc) is 3.27. The van der Waals surface area contributed by atoms with E-state index in [4.69, 9.17) is 0 Å². The van der Waals surface area contributed by atoms with Crippen molar-refractivity contribution in [2.24, 2.45) is 0 Å². The second kappa shape index (κ2) is 6.46. The summed E-state index contributed by atoms with van der Waals surface area (Å²) >= 11 is 6.73. The number of hydrogen-bond donors (Lipinski definition) is 0. The Kier molecular flexibility index (Phi) is 4.32. The number of amides is 1. The zero-order chi connectivity index (χ0) is 16.7. The van der Waals surface area contributed by atoms with Gasteiger partial charge in [-0.15, -0.1) is 22.7 Å². The van der Waals surface area contributed by atoms with Gasteiger partial charge in [0.2, 0.25) is 5.91 Å². The van der Waals surface area contributed by atoms with Crippen LogP contribution in [0.5, 0.6) is 0 Å². The maximum Gasteiger partial charge on any atom is 0.229 e. The zero-order valence-electron chi connectivity index (χ0n) is 13.1. The summed E-state index contributed by atoms with van der Waals surface area (Å²) in [5.74, 6) is 0.152. The van der Waals surface area contributed by atoms with E-state index in [2.05, 4.69) is 50.7 Å². The molecule has 7 heteroatoms. The van der Waals surface area contributed by atoms with Crippen molar-refractivity contribution >= 4 is 44.5 Å². The standard InChI is InChI=1S/C17H16BrN3OS2/c1-11-14-3-2-4-20(14)5-6-21(11)16(22)8-13-10-24-17(19-13)15-7-12(18)9-23-15/h2-4,7,9-11H,5-6,8H2,1H3. The van der Waals surface area contributed by atoms with Crippen molar-refractivity contribution in [3.63, 3.8) is 0 Å². The van der Waals surface area contributed by atoms with E-state index in [1.165, 1.54) is 5.69 Å². The lowest BCUT2D eigenvalue weighted by Crippen LogP contribution is -2.41. The van der Waals surface area contributed by atoms with Gasteiger partial charge in [0, 0.05) is 40.2 Å². The summed E-state index contributed by atoms with van der Waals surface area (Å²) in [6, 6.07) is 6.33. The Morgan fingerprint density at radius 1 is 1.38 bits per heavy atom. The summed E-state index contributed by atoms with van der Waals surface area (Å²) in [5, 5.41) is 5.03. The third-order valence-electron chi connectivity index (χ3n) is 4.32. The van der Waals surface area contributed by atoms with Crippen LogP contribution in [0.2, 0.25) is 0 Å². The number of thiazole rings is 1. The Labute approximate surface area is 156 Å². The van der Waals surface area contributed by atoms with Crippen LogP contribution in [0.3, 0.4) is 0 Å². The minimum Gasteiger partial charge on any atom is -0.348 e. The molecule has 1 aliphatic heterocycles. The molecule has 1 atom stereocenters. The van der Waals surface area contributed by atoms with Crippen molar-refractivity contribution in [3.05, 3.63) is 51.0 Å². The molecule has 24 heavy (non-hydrogen) atoms. The Morgan fingerprint density at radius 2 is 2.25 bits per heavy atom. The molecule has 0 N–H and O–H groups in total. The van der Waals surface area contributed by atoms with Crippen molar-refractivity contribution in [2.75, 3.05) is 6.54 Å². The third kappa shape index (κ3) is 2.96. The summed E-state index contributed by atoms with van der Waals surface area (Å²) < 4.78 is 3.30. The molecule has 4 heterocycles. The van der Waals surface area contributed by atoms with Gasteiger partial charge in [0.15, 0.2) is 0 Å². The molecule has 0 fully saturated rings. The topological polar surface area (TPSA) is 38.1 Å². The highest BCUT2D eigenvalue weighted by Gasteiger charge is 2.27. The minimum absolute atomic E-state index is 0.118. The first-order valence-electron chi connectivity index (χ1n) is 7.75. The van der Waals surface area contributed by atoms with Crippen LogP contribution in [0.25, 0.3) is 9.88 Å². The number of halogens is 1. The first-order chi connectivity index (χ1) is 11.6. The smallest absolute Gasteiger partial charge is 0.229 e. The molecule has 3 aromatic rings. The molecule has 0 aliphatic carbocycles. The lowest BCUT2D eigenvalue weighted by Gasteiger charge is -2.34. The first-order valence-corrected chi connectivity index (χ1v) is 10.3. The van der Waals surface area contributed by atoms with E-state index in [9.17, 15) is 4.79 Å². The second-order valence-corrected chi connectivity index (χ2v) is 8.52. The summed E-state index contributed by atoms with van der Waals surface area (Å²) in [7, 11) is 0. The van der Waals surface area contributed by atoms with Gasteiger partial charge in [-0.2, -0.15) is 0 Å². The molecule has 4 nitrogen and oxygen atoms in total. The third-order valence-corrected chi connectivity index (χ3v) is 7.08. The number of carbonyl (C=O) groups excluding carboxylic acids is 1. The molecule has 0 spiro atoms. The molecule has 1 unspecified atom stereocenters. The summed E-state index contributed by atoms with van der Waals surface area (Å²) in [4.78, 5) is 20.5. The van der Waals surface area contributed by atoms with E-state index in [0.29, 0.717) is 6.42 Å². The lowest BCUT2D eigenvalue weighted by atomic mass is 10.1. The van der Waals surface area contributed by atoms with Gasteiger partial charge in [-0.25, -0.2) is 4.98 Å². The number of fused-ring (bicyclic) bond motifs is 1. The Morgan fingerprint density at radius 3 is 3.04 bits per heavy atom. The van der Waals surface area contributed by atoms with Gasteiger partial charge in [-0.3, -0.25) is 4.79 Å². The van der Waals surface area contributed by atoms with Crippen LogP contribution in [0.15, 0.2) is 39.6 Å². The van der Waals surface area contributed by atoms with Crippen LogP contribution >= 0.6 is 38.6 Å². The maximum atomic E-state index is 12.7. The van der Waals surface area contributed by atoms with E-state index < -0.39 is 0 Å². The molecule has 0 aromatic carbocycles. The van der Waals surface area contributed by atoms with Crippen LogP contribution in [0, 0.1) is 0 Å². The quantitative estimate of drug-likeness (QED) is 0.620. The fraction of sp³-hybridized carbons (Fsp3) is 0.294. The molecule has 0 radical (unpaired) electrons.